The molecule has 44 heavy (non-hydrogen) atoms. The summed E-state index contributed by atoms with van der Waals surface area (Å²) in [7, 11) is 2.23. The molecular weight excluding hydrogens is 552 g/mol. The summed E-state index contributed by atoms with van der Waals surface area (Å²) in [4.78, 5) is 32.4. The zero-order chi connectivity index (χ0) is 31.0. The molecule has 1 unspecified atom stereocenters. The molecule has 2 aliphatic carbocycles. The number of benzene rings is 1. The van der Waals surface area contributed by atoms with E-state index in [1.807, 2.05) is 24.3 Å². The second-order valence-electron chi connectivity index (χ2n) is 13.4. The summed E-state index contributed by atoms with van der Waals surface area (Å²) in [5.41, 5.74) is 3.53. The van der Waals surface area contributed by atoms with Crippen LogP contribution in [0, 0.1) is 10.8 Å². The molecule has 228 valence electrons. The molecule has 1 saturated carbocycles. The molecule has 2 spiro atoms. The van der Waals surface area contributed by atoms with Gasteiger partial charge in [-0.3, -0.25) is 4.79 Å². The molecule has 1 atom stereocenters. The zero-order valence-corrected chi connectivity index (χ0v) is 25.3. The first kappa shape index (κ1) is 26.4. The van der Waals surface area contributed by atoms with Gasteiger partial charge in [0, 0.05) is 36.1 Å². The number of nitrogens with one attached hydrogen (secondary N) is 1. The summed E-state index contributed by atoms with van der Waals surface area (Å²) in [5.74, 6) is 0.778. The Morgan fingerprint density at radius 3 is 2.48 bits per heavy atom. The lowest BCUT2D eigenvalue weighted by Crippen LogP contribution is -2.46. The molecule has 5 heterocycles. The average Bonchev–Trinajstić information content (AvgIpc) is 3.75. The molecule has 4 aliphatic rings. The van der Waals surface area contributed by atoms with Gasteiger partial charge in [0.15, 0.2) is 11.5 Å². The quantitative estimate of drug-likeness (QED) is 0.313. The second-order valence-corrected chi connectivity index (χ2v) is 13.4. The minimum atomic E-state index is -1.75. The van der Waals surface area contributed by atoms with Gasteiger partial charge in [0.05, 0.1) is 13.6 Å². The lowest BCUT2D eigenvalue weighted by atomic mass is 9.71. The molecule has 1 aromatic carbocycles. The van der Waals surface area contributed by atoms with Crippen molar-refractivity contribution in [3.8, 4) is 5.82 Å². The van der Waals surface area contributed by atoms with Crippen LogP contribution in [0.1, 0.15) is 57.2 Å². The van der Waals surface area contributed by atoms with Crippen molar-refractivity contribution in [2.24, 2.45) is 10.8 Å². The number of fused-ring (bicyclic) bond motifs is 2. The second kappa shape index (κ2) is 10.3. The number of allylic oxidation sites excluding steroid dienone is 1. The van der Waals surface area contributed by atoms with Crippen LogP contribution in [0.3, 0.4) is 0 Å². The zero-order valence-electron chi connectivity index (χ0n) is 26.3. The molecule has 3 aromatic heterocycles. The molecule has 0 radical (unpaired) electrons. The van der Waals surface area contributed by atoms with Gasteiger partial charge in [-0.25, -0.2) is 19.3 Å². The fourth-order valence-electron chi connectivity index (χ4n) is 7.53. The van der Waals surface area contributed by atoms with Crippen LogP contribution in [-0.4, -0.2) is 67.5 Å². The maximum atomic E-state index is 13.4. The molecule has 8 rings (SSSR count). The van der Waals surface area contributed by atoms with Gasteiger partial charge in [0.25, 0.3) is 5.56 Å². The van der Waals surface area contributed by atoms with Crippen LogP contribution in [0.15, 0.2) is 60.0 Å². The van der Waals surface area contributed by atoms with Crippen LogP contribution in [0.2, 0.25) is 0 Å². The van der Waals surface area contributed by atoms with E-state index in [9.17, 15) is 9.90 Å². The van der Waals surface area contributed by atoms with E-state index in [4.69, 9.17) is 11.3 Å². The summed E-state index contributed by atoms with van der Waals surface area (Å²) >= 11 is 0. The van der Waals surface area contributed by atoms with E-state index in [0.717, 1.165) is 37.2 Å². The minimum Gasteiger partial charge on any atom is -0.386 e. The highest BCUT2D eigenvalue weighted by Gasteiger charge is 2.55. The SMILES string of the molecule is [2H]C1(O)c2nc(-n3c4nc(Nc5ccc(N6CCC7(CCN(C)CC7)CC6)cc5)ncc4c(=O)n3CC=C)ccc2CC12CC2. The van der Waals surface area contributed by atoms with E-state index >= 15 is 0 Å². The lowest BCUT2D eigenvalue weighted by molar-refractivity contribution is 0.0945. The summed E-state index contributed by atoms with van der Waals surface area (Å²) in [6, 6.07) is 12.1. The molecular formula is C34H40N8O2. The highest BCUT2D eigenvalue weighted by molar-refractivity contribution is 5.77. The first-order valence-corrected chi connectivity index (χ1v) is 15.8. The van der Waals surface area contributed by atoms with Crippen molar-refractivity contribution in [1.29, 1.82) is 0 Å². The topological polar surface area (TPSA) is 104 Å². The van der Waals surface area contributed by atoms with Gasteiger partial charge in [0.2, 0.25) is 5.95 Å². The molecule has 2 aliphatic heterocycles. The Balaban J connectivity index is 1.06. The van der Waals surface area contributed by atoms with Crippen LogP contribution >= 0.6 is 0 Å². The predicted octanol–water partition coefficient (Wildman–Crippen LogP) is 4.59. The Kier molecular flexibility index (Phi) is 6.16. The van der Waals surface area contributed by atoms with Crippen molar-refractivity contribution < 1.29 is 6.48 Å². The van der Waals surface area contributed by atoms with Gasteiger partial charge in [-0.05, 0) is 106 Å². The van der Waals surface area contributed by atoms with Crippen molar-refractivity contribution >= 4 is 28.4 Å². The average molecular weight is 594 g/mol. The number of aliphatic hydroxyl groups is 1. The number of rotatable bonds is 6. The first-order chi connectivity index (χ1) is 21.7. The fraction of sp³-hybridized carbons (Fsp3) is 0.471. The monoisotopic (exact) mass is 593 g/mol. The molecule has 0 amide bonds. The van der Waals surface area contributed by atoms with Gasteiger partial charge >= 0.3 is 0 Å². The summed E-state index contributed by atoms with van der Waals surface area (Å²) in [6.45, 7) is 8.67. The number of aromatic nitrogens is 5. The standard InChI is InChI=1S/C34H40N8O2/c1-3-16-41-31(44)26-22-35-32(38-30(26)42(41)27-9-4-23-21-34(10-11-34)29(43)28(23)37-27)36-24-5-7-25(8-6-24)40-19-14-33(15-20-40)12-17-39(2)18-13-33/h3-9,22,29,43H,1,10-21H2,2H3,(H,35,36,38)/i29D. The number of nitrogens with zero attached hydrogens (tertiary/aromatic N) is 7. The molecule has 4 aromatic rings. The van der Waals surface area contributed by atoms with E-state index in [0.29, 0.717) is 40.3 Å². The Hall–Kier alpha value is -4.02. The van der Waals surface area contributed by atoms with E-state index in [-0.39, 0.29) is 12.1 Å². The Morgan fingerprint density at radius 1 is 1.05 bits per heavy atom. The number of piperidine rings is 2. The number of pyridine rings is 1. The maximum Gasteiger partial charge on any atom is 0.278 e. The molecule has 0 bridgehead atoms. The van der Waals surface area contributed by atoms with Crippen LogP contribution in [0.5, 0.6) is 0 Å². The summed E-state index contributed by atoms with van der Waals surface area (Å²) in [6.07, 6.45) is 8.83. The molecule has 2 N–H and O–H groups in total. The van der Waals surface area contributed by atoms with Gasteiger partial charge in [-0.2, -0.15) is 4.98 Å². The number of hydrogen-bond acceptors (Lipinski definition) is 8. The van der Waals surface area contributed by atoms with Crippen LogP contribution in [0.4, 0.5) is 17.3 Å². The highest BCUT2D eigenvalue weighted by Crippen LogP contribution is 2.61. The fourth-order valence-corrected chi connectivity index (χ4v) is 7.53. The third-order valence-corrected chi connectivity index (χ3v) is 10.6. The molecule has 10 heteroatoms. The Morgan fingerprint density at radius 2 is 1.77 bits per heavy atom. The minimum absolute atomic E-state index is 0.238. The van der Waals surface area contributed by atoms with Crippen LogP contribution < -0.4 is 15.8 Å². The van der Waals surface area contributed by atoms with Crippen LogP contribution in [-0.2, 0) is 13.0 Å². The smallest absolute Gasteiger partial charge is 0.278 e. The van der Waals surface area contributed by atoms with Gasteiger partial charge < -0.3 is 20.2 Å². The maximum absolute atomic E-state index is 13.4. The van der Waals surface area contributed by atoms with Crippen molar-refractivity contribution in [3.05, 3.63) is 76.9 Å². The van der Waals surface area contributed by atoms with Gasteiger partial charge in [-0.1, -0.05) is 12.1 Å². The summed E-state index contributed by atoms with van der Waals surface area (Å²) in [5, 5.41) is 14.8. The van der Waals surface area contributed by atoms with Crippen molar-refractivity contribution in [1.82, 2.24) is 29.2 Å². The Labute approximate surface area is 258 Å². The number of likely N-dealkylation sites (tertiary alicyclic amines) is 1. The number of anilines is 3. The van der Waals surface area contributed by atoms with Crippen molar-refractivity contribution in [2.75, 3.05) is 43.4 Å². The third kappa shape index (κ3) is 4.54. The lowest BCUT2D eigenvalue weighted by Gasteiger charge is -2.46. The third-order valence-electron chi connectivity index (χ3n) is 10.6. The van der Waals surface area contributed by atoms with E-state index in [2.05, 4.69) is 45.9 Å². The highest BCUT2D eigenvalue weighted by atomic mass is 16.3. The van der Waals surface area contributed by atoms with E-state index < -0.39 is 11.5 Å². The predicted molar refractivity (Wildman–Crippen MR) is 172 cm³/mol. The summed E-state index contributed by atoms with van der Waals surface area (Å²) < 4.78 is 11.9. The van der Waals surface area contributed by atoms with Crippen LogP contribution in [0.25, 0.3) is 16.9 Å². The number of hydrogen-bond donors (Lipinski definition) is 2. The van der Waals surface area contributed by atoms with E-state index in [1.54, 1.807) is 10.8 Å². The molecule has 10 nitrogen and oxygen atoms in total. The molecule has 2 saturated heterocycles. The van der Waals surface area contributed by atoms with Gasteiger partial charge in [0.1, 0.15) is 11.5 Å². The first-order valence-electron chi connectivity index (χ1n) is 16.3. The van der Waals surface area contributed by atoms with E-state index in [1.165, 1.54) is 55.3 Å². The van der Waals surface area contributed by atoms with Crippen molar-refractivity contribution in [2.45, 2.75) is 57.6 Å². The normalized spacial score (nSPS) is 24.0. The molecule has 3 fully saturated rings. The Bertz CT molecular complexity index is 1840. The van der Waals surface area contributed by atoms with Gasteiger partial charge in [-0.15, -0.1) is 6.58 Å². The largest absolute Gasteiger partial charge is 0.386 e. The van der Waals surface area contributed by atoms with Crippen molar-refractivity contribution in [3.63, 3.8) is 0 Å².